The fourth-order valence-corrected chi connectivity index (χ4v) is 3.69. The van der Waals surface area contributed by atoms with E-state index in [2.05, 4.69) is 4.99 Å². The van der Waals surface area contributed by atoms with Crippen LogP contribution in [0.15, 0.2) is 41.4 Å². The number of aryl methyl sites for hydroxylation is 1. The molecule has 1 aliphatic heterocycles. The molecule has 0 aliphatic carbocycles. The van der Waals surface area contributed by atoms with Crippen molar-refractivity contribution < 1.29 is 14.3 Å². The number of ether oxygens (including phenoxy) is 2. The van der Waals surface area contributed by atoms with Crippen molar-refractivity contribution in [3.8, 4) is 11.5 Å². The number of carbonyl (C=O) groups is 1. The zero-order valence-electron chi connectivity index (χ0n) is 12.1. The molecular weight excluding hydrogens is 336 g/mol. The van der Waals surface area contributed by atoms with E-state index in [9.17, 15) is 4.79 Å². The van der Waals surface area contributed by atoms with Crippen LogP contribution in [-0.2, 0) is 7.05 Å². The molecule has 1 aliphatic rings. The summed E-state index contributed by atoms with van der Waals surface area (Å²) in [5.41, 5.74) is 1.45. The number of nitrogens with zero attached hydrogens (tertiary/aromatic N) is 2. The molecule has 116 valence electrons. The van der Waals surface area contributed by atoms with Crippen LogP contribution in [0, 0.1) is 0 Å². The van der Waals surface area contributed by atoms with E-state index in [0.29, 0.717) is 26.9 Å². The summed E-state index contributed by atoms with van der Waals surface area (Å²) in [6.07, 6.45) is 0. The summed E-state index contributed by atoms with van der Waals surface area (Å²) in [5.74, 6) is 0.888. The van der Waals surface area contributed by atoms with E-state index < -0.39 is 0 Å². The highest BCUT2D eigenvalue weighted by Crippen LogP contribution is 2.32. The van der Waals surface area contributed by atoms with Crippen molar-refractivity contribution in [1.29, 1.82) is 0 Å². The lowest BCUT2D eigenvalue weighted by Gasteiger charge is -1.98. The van der Waals surface area contributed by atoms with Crippen LogP contribution < -0.4 is 14.3 Å². The second-order valence-electron chi connectivity index (χ2n) is 5.04. The molecule has 1 aromatic heterocycles. The maximum absolute atomic E-state index is 12.4. The van der Waals surface area contributed by atoms with Crippen LogP contribution in [0.5, 0.6) is 11.5 Å². The van der Waals surface area contributed by atoms with E-state index in [1.165, 1.54) is 11.3 Å². The second kappa shape index (κ2) is 5.40. The summed E-state index contributed by atoms with van der Waals surface area (Å²) in [6.45, 7) is 0.177. The van der Waals surface area contributed by atoms with Gasteiger partial charge in [0.2, 0.25) is 6.79 Å². The molecule has 1 amide bonds. The average molecular weight is 347 g/mol. The van der Waals surface area contributed by atoms with Crippen LogP contribution in [0.4, 0.5) is 0 Å². The predicted molar refractivity (Wildman–Crippen MR) is 88.3 cm³/mol. The first-order chi connectivity index (χ1) is 11.1. The molecule has 0 bridgehead atoms. The van der Waals surface area contributed by atoms with Crippen LogP contribution in [0.1, 0.15) is 10.4 Å². The van der Waals surface area contributed by atoms with Gasteiger partial charge in [0, 0.05) is 17.6 Å². The van der Waals surface area contributed by atoms with E-state index in [4.69, 9.17) is 21.1 Å². The summed E-state index contributed by atoms with van der Waals surface area (Å²) in [7, 11) is 1.87. The first-order valence-corrected chi connectivity index (χ1v) is 8.05. The van der Waals surface area contributed by atoms with Gasteiger partial charge in [0.05, 0.1) is 10.2 Å². The number of hydrogen-bond acceptors (Lipinski definition) is 4. The summed E-state index contributed by atoms with van der Waals surface area (Å²) in [5, 5.41) is 0.660. The number of aromatic nitrogens is 1. The average Bonchev–Trinajstić information content (AvgIpc) is 3.11. The number of rotatable bonds is 1. The molecule has 2 aromatic carbocycles. The Hall–Kier alpha value is -2.31. The van der Waals surface area contributed by atoms with Gasteiger partial charge in [-0.1, -0.05) is 22.9 Å². The van der Waals surface area contributed by atoms with E-state index in [0.717, 1.165) is 10.2 Å². The molecule has 0 atom stereocenters. The summed E-state index contributed by atoms with van der Waals surface area (Å²) < 4.78 is 13.4. The van der Waals surface area contributed by atoms with Gasteiger partial charge in [0.15, 0.2) is 16.3 Å². The molecule has 0 saturated heterocycles. The van der Waals surface area contributed by atoms with Crippen molar-refractivity contribution in [2.24, 2.45) is 12.0 Å². The van der Waals surface area contributed by atoms with E-state index >= 15 is 0 Å². The summed E-state index contributed by atoms with van der Waals surface area (Å²) in [4.78, 5) is 17.3. The Morgan fingerprint density at radius 1 is 1.22 bits per heavy atom. The highest BCUT2D eigenvalue weighted by Gasteiger charge is 2.16. The first kappa shape index (κ1) is 14.3. The molecule has 0 fully saturated rings. The van der Waals surface area contributed by atoms with Gasteiger partial charge in [0.25, 0.3) is 5.91 Å². The lowest BCUT2D eigenvalue weighted by Crippen LogP contribution is -2.13. The van der Waals surface area contributed by atoms with Crippen molar-refractivity contribution in [3.63, 3.8) is 0 Å². The molecule has 5 nitrogen and oxygen atoms in total. The Balaban J connectivity index is 1.78. The zero-order valence-corrected chi connectivity index (χ0v) is 13.6. The maximum atomic E-state index is 12.4. The van der Waals surface area contributed by atoms with Crippen molar-refractivity contribution in [1.82, 2.24) is 4.57 Å². The monoisotopic (exact) mass is 346 g/mol. The number of thiazole rings is 1. The topological polar surface area (TPSA) is 52.8 Å². The normalized spacial score (nSPS) is 13.7. The maximum Gasteiger partial charge on any atom is 0.279 e. The van der Waals surface area contributed by atoms with Crippen LogP contribution in [0.2, 0.25) is 5.02 Å². The van der Waals surface area contributed by atoms with Gasteiger partial charge in [0.1, 0.15) is 0 Å². The number of fused-ring (bicyclic) bond motifs is 2. The highest BCUT2D eigenvalue weighted by molar-refractivity contribution is 7.16. The molecule has 3 aromatic rings. The Labute approximate surface area is 140 Å². The van der Waals surface area contributed by atoms with Crippen LogP contribution >= 0.6 is 22.9 Å². The van der Waals surface area contributed by atoms with Gasteiger partial charge in [-0.05, 0) is 36.4 Å². The Bertz CT molecular complexity index is 1010. The molecule has 0 spiro atoms. The number of benzene rings is 2. The molecular formula is C16H11ClN2O3S. The SMILES string of the molecule is Cn1c(=NC(=O)c2ccc3c(c2)OCO3)sc2cc(Cl)ccc21. The number of amides is 1. The van der Waals surface area contributed by atoms with Crippen molar-refractivity contribution >= 4 is 39.1 Å². The van der Waals surface area contributed by atoms with Crippen LogP contribution in [-0.4, -0.2) is 17.3 Å². The molecule has 0 unspecified atom stereocenters. The van der Waals surface area contributed by atoms with Gasteiger partial charge in [-0.3, -0.25) is 4.79 Å². The number of halogens is 1. The highest BCUT2D eigenvalue weighted by atomic mass is 35.5. The quantitative estimate of drug-likeness (QED) is 0.679. The largest absolute Gasteiger partial charge is 0.454 e. The third-order valence-electron chi connectivity index (χ3n) is 3.59. The standard InChI is InChI=1S/C16H11ClN2O3S/c1-19-11-4-3-10(17)7-14(11)23-16(19)18-15(20)9-2-5-12-13(6-9)22-8-21-12/h2-7H,8H2,1H3. The molecule has 2 heterocycles. The first-order valence-electron chi connectivity index (χ1n) is 6.85. The molecule has 0 saturated carbocycles. The molecule has 4 rings (SSSR count). The van der Waals surface area contributed by atoms with Crippen LogP contribution in [0.3, 0.4) is 0 Å². The Morgan fingerprint density at radius 2 is 2.04 bits per heavy atom. The number of hydrogen-bond donors (Lipinski definition) is 0. The molecule has 23 heavy (non-hydrogen) atoms. The van der Waals surface area contributed by atoms with E-state index in [1.807, 2.05) is 29.8 Å². The predicted octanol–water partition coefficient (Wildman–Crippen LogP) is 3.36. The van der Waals surface area contributed by atoms with E-state index in [-0.39, 0.29) is 12.7 Å². The van der Waals surface area contributed by atoms with Gasteiger partial charge in [-0.2, -0.15) is 4.99 Å². The minimum absolute atomic E-state index is 0.177. The van der Waals surface area contributed by atoms with Crippen molar-refractivity contribution in [2.75, 3.05) is 6.79 Å². The third-order valence-corrected chi connectivity index (χ3v) is 4.92. The lowest BCUT2D eigenvalue weighted by atomic mass is 10.2. The minimum Gasteiger partial charge on any atom is -0.454 e. The smallest absolute Gasteiger partial charge is 0.279 e. The Kier molecular flexibility index (Phi) is 3.36. The van der Waals surface area contributed by atoms with Gasteiger partial charge >= 0.3 is 0 Å². The molecule has 0 N–H and O–H groups in total. The number of carbonyl (C=O) groups excluding carboxylic acids is 1. The zero-order chi connectivity index (χ0) is 16.0. The molecule has 0 radical (unpaired) electrons. The fourth-order valence-electron chi connectivity index (χ4n) is 2.40. The Morgan fingerprint density at radius 3 is 2.91 bits per heavy atom. The molecule has 7 heteroatoms. The third kappa shape index (κ3) is 2.50. The lowest BCUT2D eigenvalue weighted by molar-refractivity contribution is 0.0997. The second-order valence-corrected chi connectivity index (χ2v) is 6.49. The van der Waals surface area contributed by atoms with Gasteiger partial charge in [-0.25, -0.2) is 0 Å². The van der Waals surface area contributed by atoms with Gasteiger partial charge in [-0.15, -0.1) is 0 Å². The fraction of sp³-hybridized carbons (Fsp3) is 0.125. The minimum atomic E-state index is -0.323. The van der Waals surface area contributed by atoms with Crippen molar-refractivity contribution in [2.45, 2.75) is 0 Å². The van der Waals surface area contributed by atoms with Crippen LogP contribution in [0.25, 0.3) is 10.2 Å². The van der Waals surface area contributed by atoms with Crippen molar-refractivity contribution in [3.05, 3.63) is 51.8 Å². The van der Waals surface area contributed by atoms with E-state index in [1.54, 1.807) is 18.2 Å². The summed E-state index contributed by atoms with van der Waals surface area (Å²) in [6, 6.07) is 10.7. The van der Waals surface area contributed by atoms with Gasteiger partial charge < -0.3 is 14.0 Å². The summed E-state index contributed by atoms with van der Waals surface area (Å²) >= 11 is 7.43.